The summed E-state index contributed by atoms with van der Waals surface area (Å²) in [5.74, 6) is 1.76. The molecule has 2 atom stereocenters. The molecular formula is C14H15Cl2N3O. The molecule has 0 saturated carbocycles. The average Bonchev–Trinajstić information content (AvgIpc) is 3.02. The number of halogens is 2. The minimum Gasteiger partial charge on any atom is -0.338 e. The Labute approximate surface area is 127 Å². The van der Waals surface area contributed by atoms with E-state index in [4.69, 9.17) is 27.7 Å². The Kier molecular flexibility index (Phi) is 3.96. The summed E-state index contributed by atoms with van der Waals surface area (Å²) >= 11 is 12.3. The van der Waals surface area contributed by atoms with Crippen LogP contribution in [0.5, 0.6) is 0 Å². The van der Waals surface area contributed by atoms with Crippen molar-refractivity contribution in [1.29, 1.82) is 0 Å². The van der Waals surface area contributed by atoms with Crippen molar-refractivity contribution < 1.29 is 4.52 Å². The van der Waals surface area contributed by atoms with Crippen LogP contribution < -0.4 is 5.32 Å². The Bertz CT molecular complexity index is 594. The van der Waals surface area contributed by atoms with Crippen LogP contribution in [-0.2, 0) is 6.42 Å². The zero-order valence-corrected chi connectivity index (χ0v) is 12.6. The number of nitrogens with one attached hydrogen (secondary N) is 1. The van der Waals surface area contributed by atoms with E-state index < -0.39 is 0 Å². The van der Waals surface area contributed by atoms with E-state index in [0.717, 1.165) is 18.5 Å². The van der Waals surface area contributed by atoms with Crippen LogP contribution in [0.2, 0.25) is 10.0 Å². The van der Waals surface area contributed by atoms with Gasteiger partial charge < -0.3 is 9.84 Å². The van der Waals surface area contributed by atoms with E-state index in [1.807, 2.05) is 18.2 Å². The number of nitrogens with zero attached hydrogens (tertiary/aromatic N) is 2. The summed E-state index contributed by atoms with van der Waals surface area (Å²) in [4.78, 5) is 4.46. The van der Waals surface area contributed by atoms with Crippen LogP contribution in [0, 0.1) is 5.92 Å². The van der Waals surface area contributed by atoms with E-state index in [9.17, 15) is 0 Å². The van der Waals surface area contributed by atoms with E-state index >= 15 is 0 Å². The second kappa shape index (κ2) is 5.72. The molecule has 1 saturated heterocycles. The molecule has 0 radical (unpaired) electrons. The molecular weight excluding hydrogens is 297 g/mol. The van der Waals surface area contributed by atoms with E-state index in [1.54, 1.807) is 0 Å². The molecule has 1 aromatic carbocycles. The highest BCUT2D eigenvalue weighted by atomic mass is 35.5. The molecule has 6 heteroatoms. The Morgan fingerprint density at radius 2 is 2.10 bits per heavy atom. The third-order valence-electron chi connectivity index (χ3n) is 3.68. The van der Waals surface area contributed by atoms with Gasteiger partial charge in [0.05, 0.1) is 6.04 Å². The van der Waals surface area contributed by atoms with Gasteiger partial charge in [0.15, 0.2) is 5.82 Å². The zero-order chi connectivity index (χ0) is 14.1. The average molecular weight is 312 g/mol. The molecule has 1 N–H and O–H groups in total. The first-order valence-electron chi connectivity index (χ1n) is 6.64. The predicted molar refractivity (Wildman–Crippen MR) is 78.1 cm³/mol. The second-order valence-electron chi connectivity index (χ2n) is 5.12. The third kappa shape index (κ3) is 2.68. The fourth-order valence-corrected chi connectivity index (χ4v) is 3.02. The molecule has 0 amide bonds. The molecule has 1 fully saturated rings. The van der Waals surface area contributed by atoms with Crippen LogP contribution in [0.25, 0.3) is 0 Å². The number of benzene rings is 1. The largest absolute Gasteiger partial charge is 0.338 e. The minimum atomic E-state index is 0.151. The van der Waals surface area contributed by atoms with Gasteiger partial charge in [0.25, 0.3) is 0 Å². The maximum atomic E-state index is 6.15. The lowest BCUT2D eigenvalue weighted by Crippen LogP contribution is -2.16. The van der Waals surface area contributed by atoms with Gasteiger partial charge in [-0.25, -0.2) is 0 Å². The van der Waals surface area contributed by atoms with Crippen molar-refractivity contribution in [3.05, 3.63) is 45.5 Å². The molecule has 106 valence electrons. The van der Waals surface area contributed by atoms with Crippen LogP contribution in [0.3, 0.4) is 0 Å². The zero-order valence-electron chi connectivity index (χ0n) is 11.1. The van der Waals surface area contributed by atoms with Gasteiger partial charge in [0, 0.05) is 16.5 Å². The first kappa shape index (κ1) is 13.9. The number of rotatable bonds is 3. The van der Waals surface area contributed by atoms with Gasteiger partial charge in [0.1, 0.15) is 0 Å². The van der Waals surface area contributed by atoms with Crippen molar-refractivity contribution in [2.45, 2.75) is 25.8 Å². The monoisotopic (exact) mass is 311 g/mol. The quantitative estimate of drug-likeness (QED) is 0.940. The fourth-order valence-electron chi connectivity index (χ4n) is 2.49. The van der Waals surface area contributed by atoms with E-state index in [1.165, 1.54) is 0 Å². The second-order valence-corrected chi connectivity index (χ2v) is 5.94. The van der Waals surface area contributed by atoms with Crippen molar-refractivity contribution in [3.8, 4) is 0 Å². The molecule has 20 heavy (non-hydrogen) atoms. The summed E-state index contributed by atoms with van der Waals surface area (Å²) < 4.78 is 5.36. The van der Waals surface area contributed by atoms with Crippen LogP contribution >= 0.6 is 23.2 Å². The van der Waals surface area contributed by atoms with Crippen LogP contribution in [-0.4, -0.2) is 16.7 Å². The maximum Gasteiger partial charge on any atom is 0.244 e. The number of hydrogen-bond donors (Lipinski definition) is 1. The summed E-state index contributed by atoms with van der Waals surface area (Å²) in [5.41, 5.74) is 0.829. The predicted octanol–water partition coefficient (Wildman–Crippen LogP) is 3.64. The van der Waals surface area contributed by atoms with Gasteiger partial charge in [0.2, 0.25) is 5.89 Å². The molecule has 2 heterocycles. The van der Waals surface area contributed by atoms with Gasteiger partial charge in [-0.1, -0.05) is 41.3 Å². The highest BCUT2D eigenvalue weighted by Crippen LogP contribution is 2.29. The van der Waals surface area contributed by atoms with E-state index in [0.29, 0.717) is 34.1 Å². The molecule has 1 aromatic heterocycles. The summed E-state index contributed by atoms with van der Waals surface area (Å²) in [6.45, 7) is 3.17. The lowest BCUT2D eigenvalue weighted by atomic mass is 10.0. The summed E-state index contributed by atoms with van der Waals surface area (Å²) in [6, 6.07) is 5.59. The van der Waals surface area contributed by atoms with Gasteiger partial charge >= 0.3 is 0 Å². The van der Waals surface area contributed by atoms with E-state index in [-0.39, 0.29) is 6.04 Å². The number of hydrogen-bond acceptors (Lipinski definition) is 4. The molecule has 2 unspecified atom stereocenters. The van der Waals surface area contributed by atoms with Crippen molar-refractivity contribution >= 4 is 23.2 Å². The Morgan fingerprint density at radius 1 is 1.35 bits per heavy atom. The summed E-state index contributed by atoms with van der Waals surface area (Å²) in [7, 11) is 0. The first-order chi connectivity index (χ1) is 9.65. The topological polar surface area (TPSA) is 51.0 Å². The molecule has 4 nitrogen and oxygen atoms in total. The molecule has 1 aliphatic rings. The van der Waals surface area contributed by atoms with Crippen LogP contribution in [0.1, 0.15) is 36.7 Å². The van der Waals surface area contributed by atoms with Gasteiger partial charge in [-0.05, 0) is 36.6 Å². The third-order valence-corrected chi connectivity index (χ3v) is 4.39. The van der Waals surface area contributed by atoms with Crippen molar-refractivity contribution in [1.82, 2.24) is 15.5 Å². The minimum absolute atomic E-state index is 0.151. The maximum absolute atomic E-state index is 6.15. The SMILES string of the molecule is CC1CCNC1c1nc(Cc2c(Cl)cccc2Cl)no1. The van der Waals surface area contributed by atoms with E-state index in [2.05, 4.69) is 22.4 Å². The Balaban J connectivity index is 1.81. The highest BCUT2D eigenvalue weighted by molar-refractivity contribution is 6.36. The lowest BCUT2D eigenvalue weighted by Gasteiger charge is -2.09. The van der Waals surface area contributed by atoms with Crippen LogP contribution in [0.4, 0.5) is 0 Å². The smallest absolute Gasteiger partial charge is 0.244 e. The Hall–Kier alpha value is -1.10. The van der Waals surface area contributed by atoms with Crippen molar-refractivity contribution in [3.63, 3.8) is 0 Å². The molecule has 3 rings (SSSR count). The fraction of sp³-hybridized carbons (Fsp3) is 0.429. The van der Waals surface area contributed by atoms with Gasteiger partial charge in [-0.2, -0.15) is 4.98 Å². The van der Waals surface area contributed by atoms with Gasteiger partial charge in [-0.15, -0.1) is 0 Å². The molecule has 0 aliphatic carbocycles. The summed E-state index contributed by atoms with van der Waals surface area (Å²) in [6.07, 6.45) is 1.60. The molecule has 0 spiro atoms. The molecule has 2 aromatic rings. The summed E-state index contributed by atoms with van der Waals surface area (Å²) in [5, 5.41) is 8.65. The molecule has 1 aliphatic heterocycles. The first-order valence-corrected chi connectivity index (χ1v) is 7.39. The normalized spacial score (nSPS) is 22.4. The Morgan fingerprint density at radius 3 is 2.75 bits per heavy atom. The van der Waals surface area contributed by atoms with Crippen molar-refractivity contribution in [2.75, 3.05) is 6.54 Å². The molecule has 0 bridgehead atoms. The van der Waals surface area contributed by atoms with Gasteiger partial charge in [-0.3, -0.25) is 0 Å². The number of aromatic nitrogens is 2. The van der Waals surface area contributed by atoms with Crippen LogP contribution in [0.15, 0.2) is 22.7 Å². The lowest BCUT2D eigenvalue weighted by molar-refractivity contribution is 0.317. The van der Waals surface area contributed by atoms with Crippen molar-refractivity contribution in [2.24, 2.45) is 5.92 Å². The highest BCUT2D eigenvalue weighted by Gasteiger charge is 2.29. The standard InChI is InChI=1S/C14H15Cl2N3O/c1-8-5-6-17-13(8)14-18-12(19-20-14)7-9-10(15)3-2-4-11(9)16/h2-4,8,13,17H,5-7H2,1H3.